The number of esters is 1. The van der Waals surface area contributed by atoms with Gasteiger partial charge in [-0.2, -0.15) is 0 Å². The van der Waals surface area contributed by atoms with Crippen LogP contribution in [0.4, 0.5) is 11.4 Å². The van der Waals surface area contributed by atoms with Crippen molar-refractivity contribution in [1.82, 2.24) is 0 Å². The molecule has 0 atom stereocenters. The third-order valence-corrected chi connectivity index (χ3v) is 5.30. The van der Waals surface area contributed by atoms with E-state index in [0.29, 0.717) is 10.7 Å². The lowest BCUT2D eigenvalue weighted by Gasteiger charge is -2.12. The van der Waals surface area contributed by atoms with Gasteiger partial charge in [0.2, 0.25) is 11.8 Å². The topological polar surface area (TPSA) is 103 Å². The summed E-state index contributed by atoms with van der Waals surface area (Å²) in [5.41, 5.74) is 3.76. The van der Waals surface area contributed by atoms with Gasteiger partial charge >= 0.3 is 5.97 Å². The molecule has 0 fully saturated rings. The average Bonchev–Trinajstić information content (AvgIpc) is 2.86. The van der Waals surface area contributed by atoms with E-state index >= 15 is 0 Å². The van der Waals surface area contributed by atoms with E-state index in [1.807, 2.05) is 49.4 Å². The Morgan fingerprint density at radius 2 is 1.43 bits per heavy atom. The van der Waals surface area contributed by atoms with Gasteiger partial charge in [0.05, 0.1) is 25.5 Å². The number of hydrogen-bond acceptors (Lipinski definition) is 6. The number of hydrogen-bond donors (Lipinski definition) is 2. The predicted octanol–water partition coefficient (Wildman–Crippen LogP) is 4.70. The molecule has 35 heavy (non-hydrogen) atoms. The van der Waals surface area contributed by atoms with E-state index < -0.39 is 17.8 Å². The van der Waals surface area contributed by atoms with Crippen LogP contribution >= 0.6 is 11.6 Å². The molecule has 0 aromatic heterocycles. The second kappa shape index (κ2) is 12.0. The Hall–Kier alpha value is -3.88. The third-order valence-electron chi connectivity index (χ3n) is 5.06. The number of amides is 2. The monoisotopic (exact) mass is 496 g/mol. The first kappa shape index (κ1) is 25.7. The van der Waals surface area contributed by atoms with Gasteiger partial charge in [-0.15, -0.1) is 0 Å². The normalized spacial score (nSPS) is 10.4. The summed E-state index contributed by atoms with van der Waals surface area (Å²) in [5.74, 6) is -0.832. The Labute approximate surface area is 208 Å². The van der Waals surface area contributed by atoms with Crippen LogP contribution in [0.15, 0.2) is 60.7 Å². The number of ether oxygens (including phenoxy) is 3. The summed E-state index contributed by atoms with van der Waals surface area (Å²) in [4.78, 5) is 36.5. The van der Waals surface area contributed by atoms with Crippen LogP contribution in [0.5, 0.6) is 5.75 Å². The molecular formula is C26H25ClN2O6. The van der Waals surface area contributed by atoms with Crippen LogP contribution in [0.3, 0.4) is 0 Å². The average molecular weight is 497 g/mol. The van der Waals surface area contributed by atoms with Crippen molar-refractivity contribution < 1.29 is 28.6 Å². The Morgan fingerprint density at radius 1 is 0.800 bits per heavy atom. The Bertz CT molecular complexity index is 1230. The smallest absolute Gasteiger partial charge is 0.340 e. The van der Waals surface area contributed by atoms with Crippen molar-refractivity contribution in [2.45, 2.75) is 6.92 Å². The Balaban J connectivity index is 1.55. The molecule has 0 radical (unpaired) electrons. The summed E-state index contributed by atoms with van der Waals surface area (Å²) in [6.45, 7) is 1.17. The maximum Gasteiger partial charge on any atom is 0.340 e. The fraction of sp³-hybridized carbons (Fsp3) is 0.192. The number of anilines is 2. The highest BCUT2D eigenvalue weighted by molar-refractivity contribution is 6.31. The summed E-state index contributed by atoms with van der Waals surface area (Å²) in [7, 11) is 2.84. The fourth-order valence-corrected chi connectivity index (χ4v) is 3.41. The van der Waals surface area contributed by atoms with E-state index in [1.165, 1.54) is 25.3 Å². The van der Waals surface area contributed by atoms with E-state index in [9.17, 15) is 14.4 Å². The highest BCUT2D eigenvalue weighted by atomic mass is 35.5. The highest BCUT2D eigenvalue weighted by Gasteiger charge is 2.15. The van der Waals surface area contributed by atoms with Crippen LogP contribution in [-0.4, -0.2) is 45.2 Å². The van der Waals surface area contributed by atoms with Crippen molar-refractivity contribution in [3.05, 3.63) is 76.8 Å². The zero-order valence-electron chi connectivity index (χ0n) is 19.5. The van der Waals surface area contributed by atoms with Crippen LogP contribution in [-0.2, 0) is 19.1 Å². The first-order valence-electron chi connectivity index (χ1n) is 10.6. The number of halogens is 1. The number of aryl methyl sites for hydroxylation is 1. The van der Waals surface area contributed by atoms with Crippen molar-refractivity contribution in [3.8, 4) is 16.9 Å². The molecule has 3 rings (SSSR count). The second-order valence-electron chi connectivity index (χ2n) is 7.53. The van der Waals surface area contributed by atoms with E-state index in [0.717, 1.165) is 22.4 Å². The molecular weight excluding hydrogens is 472 g/mol. The highest BCUT2D eigenvalue weighted by Crippen LogP contribution is 2.27. The molecule has 0 saturated carbocycles. The van der Waals surface area contributed by atoms with E-state index in [4.69, 9.17) is 25.8 Å². The lowest BCUT2D eigenvalue weighted by molar-refractivity contribution is -0.125. The molecule has 3 aromatic rings. The second-order valence-corrected chi connectivity index (χ2v) is 7.97. The Kier molecular flexibility index (Phi) is 8.83. The summed E-state index contributed by atoms with van der Waals surface area (Å²) in [6.07, 6.45) is 0. The predicted molar refractivity (Wildman–Crippen MR) is 134 cm³/mol. The molecule has 8 nitrogen and oxygen atoms in total. The van der Waals surface area contributed by atoms with Gasteiger partial charge in [0, 0.05) is 10.7 Å². The molecule has 0 spiro atoms. The molecule has 0 saturated heterocycles. The Morgan fingerprint density at radius 3 is 2.06 bits per heavy atom. The van der Waals surface area contributed by atoms with Crippen LogP contribution in [0.25, 0.3) is 11.1 Å². The lowest BCUT2D eigenvalue weighted by Crippen LogP contribution is -2.24. The van der Waals surface area contributed by atoms with Crippen molar-refractivity contribution in [3.63, 3.8) is 0 Å². The van der Waals surface area contributed by atoms with Gasteiger partial charge in [-0.1, -0.05) is 35.9 Å². The largest absolute Gasteiger partial charge is 0.497 e. The standard InChI is InChI=1S/C26H25ClN2O6/c1-16-4-5-18(17-6-9-20(33-2)10-7-17)12-23(16)29-25(31)15-35-14-24(30)28-22-11-8-19(27)13-21(22)26(32)34-3/h4-13H,14-15H2,1-3H3,(H,28,30)(H,29,31). The number of benzene rings is 3. The van der Waals surface area contributed by atoms with Gasteiger partial charge < -0.3 is 24.8 Å². The summed E-state index contributed by atoms with van der Waals surface area (Å²) < 4.78 is 15.1. The molecule has 2 amide bonds. The number of methoxy groups -OCH3 is 2. The maximum absolute atomic E-state index is 12.4. The molecule has 0 bridgehead atoms. The molecule has 0 heterocycles. The van der Waals surface area contributed by atoms with Gasteiger partial charge in [0.25, 0.3) is 0 Å². The van der Waals surface area contributed by atoms with Crippen molar-refractivity contribution in [2.24, 2.45) is 0 Å². The maximum atomic E-state index is 12.4. The molecule has 9 heteroatoms. The summed E-state index contributed by atoms with van der Waals surface area (Å²) in [6, 6.07) is 17.7. The minimum absolute atomic E-state index is 0.110. The third kappa shape index (κ3) is 7.05. The SMILES string of the molecule is COC(=O)c1cc(Cl)ccc1NC(=O)COCC(=O)Nc1cc(-c2ccc(OC)cc2)ccc1C. The number of carbonyl (C=O) groups is 3. The minimum Gasteiger partial charge on any atom is -0.497 e. The van der Waals surface area contributed by atoms with E-state index in [-0.39, 0.29) is 24.5 Å². The van der Waals surface area contributed by atoms with Crippen molar-refractivity contribution in [1.29, 1.82) is 0 Å². The molecule has 0 aliphatic rings. The first-order chi connectivity index (χ1) is 16.8. The molecule has 182 valence electrons. The number of rotatable bonds is 9. The van der Waals surface area contributed by atoms with Crippen LogP contribution in [0, 0.1) is 6.92 Å². The fourth-order valence-electron chi connectivity index (χ4n) is 3.23. The summed E-state index contributed by atoms with van der Waals surface area (Å²) in [5, 5.41) is 5.69. The van der Waals surface area contributed by atoms with Crippen LogP contribution in [0.1, 0.15) is 15.9 Å². The quantitative estimate of drug-likeness (QED) is 0.416. The summed E-state index contributed by atoms with van der Waals surface area (Å²) >= 11 is 5.91. The molecule has 2 N–H and O–H groups in total. The molecule has 3 aromatic carbocycles. The van der Waals surface area contributed by atoms with Crippen LogP contribution < -0.4 is 15.4 Å². The van der Waals surface area contributed by atoms with E-state index in [1.54, 1.807) is 7.11 Å². The molecule has 0 unspecified atom stereocenters. The van der Waals surface area contributed by atoms with Gasteiger partial charge in [-0.3, -0.25) is 9.59 Å². The van der Waals surface area contributed by atoms with Crippen molar-refractivity contribution in [2.75, 3.05) is 38.1 Å². The molecule has 0 aliphatic carbocycles. The van der Waals surface area contributed by atoms with Gasteiger partial charge in [0.15, 0.2) is 0 Å². The van der Waals surface area contributed by atoms with Crippen molar-refractivity contribution >= 4 is 40.8 Å². The van der Waals surface area contributed by atoms with E-state index in [2.05, 4.69) is 10.6 Å². The zero-order chi connectivity index (χ0) is 25.4. The number of carbonyl (C=O) groups excluding carboxylic acids is 3. The zero-order valence-corrected chi connectivity index (χ0v) is 20.3. The molecule has 0 aliphatic heterocycles. The van der Waals surface area contributed by atoms with Gasteiger partial charge in [-0.25, -0.2) is 4.79 Å². The minimum atomic E-state index is -0.643. The van der Waals surface area contributed by atoms with Gasteiger partial charge in [-0.05, 0) is 60.0 Å². The lowest BCUT2D eigenvalue weighted by atomic mass is 10.0. The van der Waals surface area contributed by atoms with Gasteiger partial charge in [0.1, 0.15) is 19.0 Å². The number of nitrogens with one attached hydrogen (secondary N) is 2. The van der Waals surface area contributed by atoms with Crippen LogP contribution in [0.2, 0.25) is 5.02 Å². The first-order valence-corrected chi connectivity index (χ1v) is 11.0.